The van der Waals surface area contributed by atoms with Crippen LogP contribution in [0.25, 0.3) is 6.08 Å². The van der Waals surface area contributed by atoms with Gasteiger partial charge < -0.3 is 9.84 Å². The fourth-order valence-corrected chi connectivity index (χ4v) is 4.21. The molecule has 4 rings (SSSR count). The van der Waals surface area contributed by atoms with E-state index in [1.165, 1.54) is 17.2 Å². The van der Waals surface area contributed by atoms with Crippen molar-refractivity contribution in [3.05, 3.63) is 70.8 Å². The zero-order chi connectivity index (χ0) is 21.1. The number of aliphatic hydroxyl groups excluding tert-OH is 1. The van der Waals surface area contributed by atoms with Crippen molar-refractivity contribution in [1.29, 1.82) is 0 Å². The standard InChI is InChI=1S/C25H27NO4/c1-18-2-4-20(5-3-18)16-26-12-10-25(11-13-26)15-23(29)22-14-19(6-8-21(28)17-27)7-9-24(22)30-25/h2-9,14,27H,10-13,15-17H2,1H3/b8-6+. The molecule has 0 amide bonds. The van der Waals surface area contributed by atoms with E-state index < -0.39 is 12.2 Å². The maximum absolute atomic E-state index is 12.9. The Morgan fingerprint density at radius 2 is 1.90 bits per heavy atom. The predicted octanol–water partition coefficient (Wildman–Crippen LogP) is 3.57. The first-order valence-electron chi connectivity index (χ1n) is 10.4. The van der Waals surface area contributed by atoms with Gasteiger partial charge in [-0.2, -0.15) is 0 Å². The van der Waals surface area contributed by atoms with Crippen molar-refractivity contribution in [2.45, 2.75) is 38.3 Å². The molecule has 2 aromatic rings. The predicted molar refractivity (Wildman–Crippen MR) is 116 cm³/mol. The van der Waals surface area contributed by atoms with E-state index in [0.29, 0.717) is 17.7 Å². The molecule has 1 N–H and O–H groups in total. The minimum Gasteiger partial charge on any atom is -0.486 e. The van der Waals surface area contributed by atoms with E-state index in [2.05, 4.69) is 36.1 Å². The highest BCUT2D eigenvalue weighted by atomic mass is 16.5. The van der Waals surface area contributed by atoms with Crippen LogP contribution in [0.5, 0.6) is 5.75 Å². The highest BCUT2D eigenvalue weighted by Gasteiger charge is 2.42. The second-order valence-electron chi connectivity index (χ2n) is 8.36. The molecule has 2 aliphatic rings. The summed E-state index contributed by atoms with van der Waals surface area (Å²) in [5, 5.41) is 8.82. The molecule has 156 valence electrons. The van der Waals surface area contributed by atoms with Crippen LogP contribution in [0.3, 0.4) is 0 Å². The van der Waals surface area contributed by atoms with Gasteiger partial charge in [-0.3, -0.25) is 14.5 Å². The summed E-state index contributed by atoms with van der Waals surface area (Å²) in [4.78, 5) is 26.6. The largest absolute Gasteiger partial charge is 0.486 e. The van der Waals surface area contributed by atoms with Crippen molar-refractivity contribution in [2.75, 3.05) is 19.7 Å². The molecule has 2 heterocycles. The summed E-state index contributed by atoms with van der Waals surface area (Å²) < 4.78 is 6.37. The Balaban J connectivity index is 1.42. The van der Waals surface area contributed by atoms with Crippen LogP contribution in [0.1, 0.15) is 46.3 Å². The Kier molecular flexibility index (Phi) is 5.84. The zero-order valence-electron chi connectivity index (χ0n) is 17.3. The number of carbonyl (C=O) groups excluding carboxylic acids is 2. The van der Waals surface area contributed by atoms with Crippen LogP contribution in [0, 0.1) is 6.92 Å². The van der Waals surface area contributed by atoms with Crippen molar-refractivity contribution in [1.82, 2.24) is 4.90 Å². The Bertz CT molecular complexity index is 969. The summed E-state index contributed by atoms with van der Waals surface area (Å²) in [5.74, 6) is 0.350. The number of piperidine rings is 1. The third-order valence-corrected chi connectivity index (χ3v) is 6.02. The molecular weight excluding hydrogens is 378 g/mol. The number of ketones is 2. The molecule has 1 spiro atoms. The summed E-state index contributed by atoms with van der Waals surface area (Å²) in [6.45, 7) is 4.30. The molecule has 1 saturated heterocycles. The molecule has 0 aliphatic carbocycles. The average molecular weight is 405 g/mol. The van der Waals surface area contributed by atoms with Crippen LogP contribution >= 0.6 is 0 Å². The first-order valence-corrected chi connectivity index (χ1v) is 10.4. The highest BCUT2D eigenvalue weighted by Crippen LogP contribution is 2.40. The molecule has 2 aromatic carbocycles. The summed E-state index contributed by atoms with van der Waals surface area (Å²) >= 11 is 0. The SMILES string of the molecule is Cc1ccc(CN2CCC3(CC2)CC(=O)c2cc(/C=C/C(=O)CO)ccc2O3)cc1. The van der Waals surface area contributed by atoms with Crippen molar-refractivity contribution in [3.63, 3.8) is 0 Å². The Morgan fingerprint density at radius 1 is 1.17 bits per heavy atom. The van der Waals surface area contributed by atoms with E-state index in [9.17, 15) is 9.59 Å². The topological polar surface area (TPSA) is 66.8 Å². The lowest BCUT2D eigenvalue weighted by molar-refractivity contribution is -0.117. The van der Waals surface area contributed by atoms with Crippen molar-refractivity contribution in [3.8, 4) is 5.75 Å². The fraction of sp³-hybridized carbons (Fsp3) is 0.360. The number of nitrogens with zero attached hydrogens (tertiary/aromatic N) is 1. The van der Waals surface area contributed by atoms with Crippen LogP contribution in [0.15, 0.2) is 48.5 Å². The molecule has 5 heteroatoms. The third-order valence-electron chi connectivity index (χ3n) is 6.02. The summed E-state index contributed by atoms with van der Waals surface area (Å²) in [5.41, 5.74) is 3.47. The lowest BCUT2D eigenvalue weighted by atomic mass is 9.82. The van der Waals surface area contributed by atoms with Gasteiger partial charge in [0, 0.05) is 32.5 Å². The van der Waals surface area contributed by atoms with Crippen molar-refractivity contribution < 1.29 is 19.4 Å². The quantitative estimate of drug-likeness (QED) is 0.771. The number of hydrogen-bond donors (Lipinski definition) is 1. The monoisotopic (exact) mass is 405 g/mol. The number of rotatable bonds is 5. The third kappa shape index (κ3) is 4.53. The van der Waals surface area contributed by atoms with Gasteiger partial charge in [0.2, 0.25) is 0 Å². The lowest BCUT2D eigenvalue weighted by Gasteiger charge is -2.44. The minimum atomic E-state index is -0.521. The molecule has 5 nitrogen and oxygen atoms in total. The molecule has 2 aliphatic heterocycles. The number of ether oxygens (including phenoxy) is 1. The van der Waals surface area contributed by atoms with Gasteiger partial charge in [-0.25, -0.2) is 0 Å². The van der Waals surface area contributed by atoms with Gasteiger partial charge in [0.1, 0.15) is 18.0 Å². The molecule has 0 atom stereocenters. The molecule has 0 bridgehead atoms. The summed E-state index contributed by atoms with van der Waals surface area (Å²) in [7, 11) is 0. The normalized spacial score (nSPS) is 18.4. The zero-order valence-corrected chi connectivity index (χ0v) is 17.3. The van der Waals surface area contributed by atoms with Crippen LogP contribution in [-0.4, -0.2) is 46.9 Å². The number of hydrogen-bond acceptors (Lipinski definition) is 5. The van der Waals surface area contributed by atoms with E-state index in [4.69, 9.17) is 9.84 Å². The van der Waals surface area contributed by atoms with E-state index in [1.807, 2.05) is 12.1 Å². The number of benzene rings is 2. The summed E-state index contributed by atoms with van der Waals surface area (Å²) in [6, 6.07) is 14.0. The second kappa shape index (κ2) is 8.54. The number of carbonyl (C=O) groups is 2. The summed E-state index contributed by atoms with van der Waals surface area (Å²) in [6.07, 6.45) is 4.98. The molecule has 0 aromatic heterocycles. The van der Waals surface area contributed by atoms with Crippen LogP contribution in [0.4, 0.5) is 0 Å². The van der Waals surface area contributed by atoms with Gasteiger partial charge in [0.15, 0.2) is 11.6 Å². The van der Waals surface area contributed by atoms with Gasteiger partial charge in [-0.05, 0) is 36.3 Å². The van der Waals surface area contributed by atoms with Gasteiger partial charge in [0.25, 0.3) is 0 Å². The maximum Gasteiger partial charge on any atom is 0.181 e. The average Bonchev–Trinajstić information content (AvgIpc) is 2.75. The van der Waals surface area contributed by atoms with Gasteiger partial charge >= 0.3 is 0 Å². The number of fused-ring (bicyclic) bond motifs is 1. The first-order chi connectivity index (χ1) is 14.5. The van der Waals surface area contributed by atoms with Gasteiger partial charge in [0.05, 0.1) is 12.0 Å². The van der Waals surface area contributed by atoms with E-state index >= 15 is 0 Å². The van der Waals surface area contributed by atoms with Gasteiger partial charge in [-0.15, -0.1) is 0 Å². The van der Waals surface area contributed by atoms with Crippen LogP contribution in [0.2, 0.25) is 0 Å². The lowest BCUT2D eigenvalue weighted by Crippen LogP contribution is -2.50. The number of aliphatic hydroxyl groups is 1. The number of Topliss-reactive ketones (excluding diaryl/α,β-unsaturated/α-hetero) is 1. The van der Waals surface area contributed by atoms with Gasteiger partial charge in [-0.1, -0.05) is 42.0 Å². The number of likely N-dealkylation sites (tertiary alicyclic amines) is 1. The fourth-order valence-electron chi connectivity index (χ4n) is 4.21. The number of aryl methyl sites for hydroxylation is 1. The highest BCUT2D eigenvalue weighted by molar-refractivity contribution is 6.01. The maximum atomic E-state index is 12.9. The Labute approximate surface area is 177 Å². The van der Waals surface area contributed by atoms with E-state index in [-0.39, 0.29) is 11.6 Å². The minimum absolute atomic E-state index is 0.0898. The molecular formula is C25H27NO4. The molecule has 0 unspecified atom stereocenters. The molecule has 0 radical (unpaired) electrons. The Hall–Kier alpha value is -2.76. The first kappa shape index (κ1) is 20.5. The van der Waals surface area contributed by atoms with Crippen molar-refractivity contribution in [2.24, 2.45) is 0 Å². The smallest absolute Gasteiger partial charge is 0.181 e. The van der Waals surface area contributed by atoms with Crippen molar-refractivity contribution >= 4 is 17.6 Å². The van der Waals surface area contributed by atoms with E-state index in [1.54, 1.807) is 12.1 Å². The molecule has 1 fully saturated rings. The Morgan fingerprint density at radius 3 is 2.60 bits per heavy atom. The molecule has 30 heavy (non-hydrogen) atoms. The van der Waals surface area contributed by atoms with Crippen LogP contribution < -0.4 is 4.74 Å². The second-order valence-corrected chi connectivity index (χ2v) is 8.36. The molecule has 0 saturated carbocycles. The van der Waals surface area contributed by atoms with E-state index in [0.717, 1.165) is 38.0 Å². The van der Waals surface area contributed by atoms with Crippen LogP contribution in [-0.2, 0) is 11.3 Å².